The molecule has 0 atom stereocenters. The maximum atomic E-state index is 12.1. The first-order valence-corrected chi connectivity index (χ1v) is 7.36. The Morgan fingerprint density at radius 2 is 2.06 bits per heavy atom. The Morgan fingerprint density at radius 3 is 2.71 bits per heavy atom. The lowest BCUT2D eigenvalue weighted by molar-refractivity contribution is 0.640. The Kier molecular flexibility index (Phi) is 4.22. The largest absolute Gasteiger partial charge is 0.282 e. The van der Waals surface area contributed by atoms with Crippen molar-refractivity contribution in [1.29, 1.82) is 0 Å². The van der Waals surface area contributed by atoms with Gasteiger partial charge >= 0.3 is 0 Å². The molecular weight excluding hydrogens is 347 g/mol. The van der Waals surface area contributed by atoms with Crippen molar-refractivity contribution < 1.29 is 0 Å². The van der Waals surface area contributed by atoms with Crippen LogP contribution in [0.5, 0.6) is 0 Å². The molecule has 0 N–H and O–H groups in total. The summed E-state index contributed by atoms with van der Waals surface area (Å²) in [7, 11) is 0. The molecule has 0 radical (unpaired) electrons. The topological polar surface area (TPSA) is 34.9 Å². The highest BCUT2D eigenvalue weighted by Crippen LogP contribution is 2.12. The first-order chi connectivity index (χ1) is 8.22. The van der Waals surface area contributed by atoms with Crippen LogP contribution in [0.25, 0.3) is 0 Å². The second kappa shape index (κ2) is 5.68. The third-order valence-electron chi connectivity index (χ3n) is 2.33. The van der Waals surface area contributed by atoms with E-state index in [0.717, 1.165) is 10.7 Å². The summed E-state index contributed by atoms with van der Waals surface area (Å²) in [6.07, 6.45) is 3.55. The molecule has 0 aliphatic rings. The Bertz CT molecular complexity index is 568. The Labute approximate surface area is 117 Å². The number of nitrogens with zero attached hydrogens (tertiary/aromatic N) is 2. The molecule has 5 heteroatoms. The average Bonchev–Trinajstić information content (AvgIpc) is 2.37. The molecule has 1 aromatic heterocycles. The highest BCUT2D eigenvalue weighted by molar-refractivity contribution is 14.1. The van der Waals surface area contributed by atoms with Crippen molar-refractivity contribution in [2.75, 3.05) is 6.26 Å². The molecule has 0 amide bonds. The zero-order valence-corrected chi connectivity index (χ0v) is 12.2. The van der Waals surface area contributed by atoms with E-state index in [4.69, 9.17) is 0 Å². The molecule has 0 saturated heterocycles. The summed E-state index contributed by atoms with van der Waals surface area (Å²) in [4.78, 5) is 16.3. The third kappa shape index (κ3) is 2.90. The molecule has 17 heavy (non-hydrogen) atoms. The predicted octanol–water partition coefficient (Wildman–Crippen LogP) is 2.62. The van der Waals surface area contributed by atoms with Crippen molar-refractivity contribution in [3.63, 3.8) is 0 Å². The van der Waals surface area contributed by atoms with Crippen LogP contribution in [-0.4, -0.2) is 15.8 Å². The fourth-order valence-corrected chi connectivity index (χ4v) is 2.48. The highest BCUT2D eigenvalue weighted by Gasteiger charge is 2.08. The maximum Gasteiger partial charge on any atom is 0.267 e. The standard InChI is InChI=1S/C12H11IN2OS/c1-17-12-14-7-10(13)11(16)15(12)8-9-5-3-2-4-6-9/h2-7H,8H2,1H3. The van der Waals surface area contributed by atoms with Gasteiger partial charge in [0.1, 0.15) is 0 Å². The van der Waals surface area contributed by atoms with Crippen molar-refractivity contribution in [3.8, 4) is 0 Å². The second-order valence-electron chi connectivity index (χ2n) is 3.47. The van der Waals surface area contributed by atoms with Crippen molar-refractivity contribution in [2.24, 2.45) is 0 Å². The van der Waals surface area contributed by atoms with Crippen LogP contribution in [0.3, 0.4) is 0 Å². The van der Waals surface area contributed by atoms with Crippen LogP contribution in [0.2, 0.25) is 0 Å². The maximum absolute atomic E-state index is 12.1. The van der Waals surface area contributed by atoms with Crippen molar-refractivity contribution in [2.45, 2.75) is 11.7 Å². The lowest BCUT2D eigenvalue weighted by atomic mass is 10.2. The van der Waals surface area contributed by atoms with Crippen LogP contribution in [0.1, 0.15) is 5.56 Å². The number of halogens is 1. The summed E-state index contributed by atoms with van der Waals surface area (Å²) in [6, 6.07) is 9.93. The quantitative estimate of drug-likeness (QED) is 0.481. The molecular formula is C12H11IN2OS. The van der Waals surface area contributed by atoms with Crippen molar-refractivity contribution in [3.05, 3.63) is 56.0 Å². The Morgan fingerprint density at radius 1 is 1.35 bits per heavy atom. The van der Waals surface area contributed by atoms with Gasteiger partial charge in [0, 0.05) is 6.20 Å². The first-order valence-electron chi connectivity index (χ1n) is 5.05. The zero-order valence-electron chi connectivity index (χ0n) is 9.26. The molecule has 0 saturated carbocycles. The molecule has 0 aliphatic carbocycles. The normalized spacial score (nSPS) is 10.5. The van der Waals surface area contributed by atoms with Crippen LogP contribution in [0.15, 0.2) is 46.5 Å². The van der Waals surface area contributed by atoms with Crippen LogP contribution in [0.4, 0.5) is 0 Å². The average molecular weight is 358 g/mol. The molecule has 0 spiro atoms. The lowest BCUT2D eigenvalue weighted by Crippen LogP contribution is -2.25. The molecule has 1 heterocycles. The van der Waals surface area contributed by atoms with Gasteiger partial charge in [0.25, 0.3) is 5.56 Å². The monoisotopic (exact) mass is 358 g/mol. The Hall–Kier alpha value is -0.820. The Balaban J connectivity index is 2.45. The summed E-state index contributed by atoms with van der Waals surface area (Å²) in [5, 5.41) is 0.749. The lowest BCUT2D eigenvalue weighted by Gasteiger charge is -2.10. The summed E-state index contributed by atoms with van der Waals surface area (Å²) >= 11 is 3.51. The van der Waals surface area contributed by atoms with Gasteiger partial charge in [-0.25, -0.2) is 4.98 Å². The van der Waals surface area contributed by atoms with E-state index < -0.39 is 0 Å². The van der Waals surface area contributed by atoms with Crippen LogP contribution in [-0.2, 0) is 6.54 Å². The fraction of sp³-hybridized carbons (Fsp3) is 0.167. The van der Waals surface area contributed by atoms with Gasteiger partial charge in [-0.15, -0.1) is 0 Å². The molecule has 0 fully saturated rings. The van der Waals surface area contributed by atoms with E-state index in [0.29, 0.717) is 10.1 Å². The minimum atomic E-state index is 0.0220. The van der Waals surface area contributed by atoms with Crippen molar-refractivity contribution >= 4 is 34.4 Å². The van der Waals surface area contributed by atoms with E-state index in [2.05, 4.69) is 4.98 Å². The SMILES string of the molecule is CSc1ncc(I)c(=O)n1Cc1ccccc1. The number of rotatable bonds is 3. The third-order valence-corrected chi connectivity index (χ3v) is 3.77. The fourth-order valence-electron chi connectivity index (χ4n) is 1.52. The van der Waals surface area contributed by atoms with Gasteiger partial charge in [-0.3, -0.25) is 9.36 Å². The van der Waals surface area contributed by atoms with Crippen molar-refractivity contribution in [1.82, 2.24) is 9.55 Å². The van der Waals surface area contributed by atoms with Gasteiger partial charge in [0.05, 0.1) is 10.1 Å². The van der Waals surface area contributed by atoms with E-state index in [1.165, 1.54) is 11.8 Å². The van der Waals surface area contributed by atoms with E-state index in [1.54, 1.807) is 10.8 Å². The van der Waals surface area contributed by atoms with Gasteiger partial charge < -0.3 is 0 Å². The predicted molar refractivity (Wildman–Crippen MR) is 78.5 cm³/mol. The molecule has 0 bridgehead atoms. The van der Waals surface area contributed by atoms with Crippen LogP contribution in [0, 0.1) is 3.57 Å². The minimum Gasteiger partial charge on any atom is -0.282 e. The summed E-state index contributed by atoms with van der Waals surface area (Å²) in [6.45, 7) is 0.569. The first kappa shape index (κ1) is 12.6. The molecule has 2 rings (SSSR count). The number of hydrogen-bond acceptors (Lipinski definition) is 3. The van der Waals surface area contributed by atoms with E-state index in [1.807, 2.05) is 59.2 Å². The van der Waals surface area contributed by atoms with Gasteiger partial charge in [-0.1, -0.05) is 42.1 Å². The number of aromatic nitrogens is 2. The zero-order chi connectivity index (χ0) is 12.3. The highest BCUT2D eigenvalue weighted by atomic mass is 127. The van der Waals surface area contributed by atoms with E-state index in [-0.39, 0.29) is 5.56 Å². The molecule has 3 nitrogen and oxygen atoms in total. The van der Waals surface area contributed by atoms with Gasteiger partial charge in [-0.2, -0.15) is 0 Å². The smallest absolute Gasteiger partial charge is 0.267 e. The van der Waals surface area contributed by atoms with Gasteiger partial charge in [0.15, 0.2) is 5.16 Å². The van der Waals surface area contributed by atoms with Gasteiger partial charge in [-0.05, 0) is 34.4 Å². The van der Waals surface area contributed by atoms with Crippen LogP contribution >= 0.6 is 34.4 Å². The summed E-state index contributed by atoms with van der Waals surface area (Å²) < 4.78 is 2.36. The molecule has 88 valence electrons. The molecule has 0 aliphatic heterocycles. The summed E-state index contributed by atoms with van der Waals surface area (Å²) in [5.41, 5.74) is 1.13. The number of thioether (sulfide) groups is 1. The van der Waals surface area contributed by atoms with E-state index >= 15 is 0 Å². The molecule has 2 aromatic rings. The van der Waals surface area contributed by atoms with Crippen LogP contribution < -0.4 is 5.56 Å². The number of hydrogen-bond donors (Lipinski definition) is 0. The minimum absolute atomic E-state index is 0.0220. The molecule has 1 aromatic carbocycles. The summed E-state index contributed by atoms with van der Waals surface area (Å²) in [5.74, 6) is 0. The second-order valence-corrected chi connectivity index (χ2v) is 5.41. The molecule has 0 unspecified atom stereocenters. The van der Waals surface area contributed by atoms with Gasteiger partial charge in [0.2, 0.25) is 0 Å². The van der Waals surface area contributed by atoms with E-state index in [9.17, 15) is 4.79 Å². The number of benzene rings is 1.